The molecule has 1 aromatic rings. The van der Waals surface area contributed by atoms with Crippen LogP contribution in [0.3, 0.4) is 0 Å². The molecule has 1 unspecified atom stereocenters. The van der Waals surface area contributed by atoms with E-state index in [1.54, 1.807) is 18.2 Å². The highest BCUT2D eigenvalue weighted by molar-refractivity contribution is 6.33. The molecule has 0 aromatic heterocycles. The number of hydrogen-bond acceptors (Lipinski definition) is 2. The first-order valence-electron chi connectivity index (χ1n) is 6.45. The molecule has 1 aliphatic rings. The summed E-state index contributed by atoms with van der Waals surface area (Å²) in [6.45, 7) is 5.11. The summed E-state index contributed by atoms with van der Waals surface area (Å²) in [5.74, 6) is 0. The smallest absolute Gasteiger partial charge is 0.0924 e. The van der Waals surface area contributed by atoms with Crippen LogP contribution in [0, 0.1) is 0 Å². The fraction of sp³-hybridized carbons (Fsp3) is 0.571. The molecular formula is C14H19Cl2NO. The monoisotopic (exact) mass is 287 g/mol. The molecule has 0 spiro atoms. The quantitative estimate of drug-likeness (QED) is 0.897. The minimum Gasteiger partial charge on any atom is -0.385 e. The number of halogens is 2. The summed E-state index contributed by atoms with van der Waals surface area (Å²) >= 11 is 12.2. The Labute approximate surface area is 119 Å². The van der Waals surface area contributed by atoms with Crippen molar-refractivity contribution in [2.24, 2.45) is 0 Å². The summed E-state index contributed by atoms with van der Waals surface area (Å²) in [5, 5.41) is 12.1. The first-order chi connectivity index (χ1) is 8.55. The zero-order valence-corrected chi connectivity index (χ0v) is 12.1. The van der Waals surface area contributed by atoms with Gasteiger partial charge in [0.15, 0.2) is 0 Å². The first kappa shape index (κ1) is 14.1. The lowest BCUT2D eigenvalue weighted by molar-refractivity contribution is 0.0215. The van der Waals surface area contributed by atoms with Crippen molar-refractivity contribution in [2.75, 3.05) is 19.6 Å². The number of likely N-dealkylation sites (tertiary alicyclic amines) is 1. The van der Waals surface area contributed by atoms with E-state index in [1.165, 1.54) is 0 Å². The van der Waals surface area contributed by atoms with Crippen LogP contribution in [0.25, 0.3) is 0 Å². The second-order valence-electron chi connectivity index (χ2n) is 4.94. The Bertz CT molecular complexity index is 424. The molecule has 1 N–H and O–H groups in total. The van der Waals surface area contributed by atoms with Gasteiger partial charge in [0.05, 0.1) is 5.60 Å². The van der Waals surface area contributed by atoms with Gasteiger partial charge in [-0.05, 0) is 50.6 Å². The van der Waals surface area contributed by atoms with Crippen LogP contribution in [0.5, 0.6) is 0 Å². The zero-order valence-electron chi connectivity index (χ0n) is 10.6. The van der Waals surface area contributed by atoms with Gasteiger partial charge in [0.25, 0.3) is 0 Å². The van der Waals surface area contributed by atoms with Crippen LogP contribution in [0.2, 0.25) is 10.0 Å². The van der Waals surface area contributed by atoms with Gasteiger partial charge < -0.3 is 10.0 Å². The number of rotatable bonds is 2. The summed E-state index contributed by atoms with van der Waals surface area (Å²) in [4.78, 5) is 2.36. The molecule has 0 radical (unpaired) electrons. The van der Waals surface area contributed by atoms with Crippen LogP contribution in [0.15, 0.2) is 18.2 Å². The van der Waals surface area contributed by atoms with E-state index in [9.17, 15) is 5.11 Å². The van der Waals surface area contributed by atoms with E-state index in [0.717, 1.165) is 38.0 Å². The van der Waals surface area contributed by atoms with Gasteiger partial charge in [0, 0.05) is 22.2 Å². The van der Waals surface area contributed by atoms with E-state index < -0.39 is 5.60 Å². The molecule has 0 amide bonds. The fourth-order valence-electron chi connectivity index (χ4n) is 2.61. The summed E-state index contributed by atoms with van der Waals surface area (Å²) in [6, 6.07) is 5.32. The summed E-state index contributed by atoms with van der Waals surface area (Å²) in [7, 11) is 0. The highest BCUT2D eigenvalue weighted by atomic mass is 35.5. The van der Waals surface area contributed by atoms with Gasteiger partial charge in [0.1, 0.15) is 0 Å². The Morgan fingerprint density at radius 2 is 2.06 bits per heavy atom. The van der Waals surface area contributed by atoms with Crippen molar-refractivity contribution in [2.45, 2.75) is 31.8 Å². The largest absolute Gasteiger partial charge is 0.385 e. The molecule has 4 heteroatoms. The second kappa shape index (κ2) is 5.79. The molecule has 1 heterocycles. The van der Waals surface area contributed by atoms with Crippen LogP contribution in [0.4, 0.5) is 0 Å². The van der Waals surface area contributed by atoms with E-state index in [2.05, 4.69) is 11.8 Å². The summed E-state index contributed by atoms with van der Waals surface area (Å²) < 4.78 is 0. The average molecular weight is 288 g/mol. The van der Waals surface area contributed by atoms with Gasteiger partial charge in [0.2, 0.25) is 0 Å². The Hall–Kier alpha value is -0.280. The molecule has 1 aliphatic heterocycles. The van der Waals surface area contributed by atoms with Gasteiger partial charge in [-0.15, -0.1) is 0 Å². The Balaban J connectivity index is 2.27. The van der Waals surface area contributed by atoms with E-state index in [0.29, 0.717) is 16.5 Å². The Kier molecular flexibility index (Phi) is 4.54. The highest BCUT2D eigenvalue weighted by Gasteiger charge is 2.33. The zero-order chi connectivity index (χ0) is 13.2. The predicted molar refractivity (Wildman–Crippen MR) is 76.3 cm³/mol. The van der Waals surface area contributed by atoms with Crippen LogP contribution in [-0.4, -0.2) is 29.6 Å². The topological polar surface area (TPSA) is 23.5 Å². The second-order valence-corrected chi connectivity index (χ2v) is 5.79. The lowest BCUT2D eigenvalue weighted by Gasteiger charge is -2.28. The van der Waals surface area contributed by atoms with Gasteiger partial charge in [-0.25, -0.2) is 0 Å². The molecule has 0 saturated carbocycles. The molecule has 2 nitrogen and oxygen atoms in total. The molecule has 0 bridgehead atoms. The molecule has 1 saturated heterocycles. The van der Waals surface area contributed by atoms with Crippen LogP contribution < -0.4 is 0 Å². The van der Waals surface area contributed by atoms with Crippen LogP contribution in [0.1, 0.15) is 31.7 Å². The average Bonchev–Trinajstić information content (AvgIpc) is 2.55. The summed E-state index contributed by atoms with van der Waals surface area (Å²) in [5.41, 5.74) is -0.0686. The number of hydrogen-bond donors (Lipinski definition) is 1. The van der Waals surface area contributed by atoms with Crippen molar-refractivity contribution < 1.29 is 5.11 Å². The van der Waals surface area contributed by atoms with E-state index >= 15 is 0 Å². The standard InChI is InChI=1S/C14H19Cl2NO/c1-2-17-8-3-6-14(18,7-9-17)12-10-11(15)4-5-13(12)16/h4-5,10,18H,2-3,6-9H2,1H3. The number of aliphatic hydroxyl groups is 1. The maximum atomic E-state index is 10.9. The first-order valence-corrected chi connectivity index (χ1v) is 7.21. The summed E-state index contributed by atoms with van der Waals surface area (Å²) in [6.07, 6.45) is 2.43. The van der Waals surface area contributed by atoms with Crippen molar-refractivity contribution in [3.05, 3.63) is 33.8 Å². The normalized spacial score (nSPS) is 26.0. The molecule has 100 valence electrons. The lowest BCUT2D eigenvalue weighted by Crippen LogP contribution is -2.29. The molecule has 2 rings (SSSR count). The minimum absolute atomic E-state index is 0.604. The van der Waals surface area contributed by atoms with E-state index in [4.69, 9.17) is 23.2 Å². The van der Waals surface area contributed by atoms with Crippen molar-refractivity contribution >= 4 is 23.2 Å². The highest BCUT2D eigenvalue weighted by Crippen LogP contribution is 2.38. The molecule has 18 heavy (non-hydrogen) atoms. The van der Waals surface area contributed by atoms with Crippen molar-refractivity contribution in [1.29, 1.82) is 0 Å². The molecule has 1 fully saturated rings. The maximum absolute atomic E-state index is 10.9. The molecule has 1 aromatic carbocycles. The molecular weight excluding hydrogens is 269 g/mol. The maximum Gasteiger partial charge on any atom is 0.0924 e. The Morgan fingerprint density at radius 1 is 1.28 bits per heavy atom. The van der Waals surface area contributed by atoms with E-state index in [-0.39, 0.29) is 0 Å². The fourth-order valence-corrected chi connectivity index (χ4v) is 3.08. The van der Waals surface area contributed by atoms with Gasteiger partial charge in [-0.1, -0.05) is 30.1 Å². The third-order valence-electron chi connectivity index (χ3n) is 3.78. The molecule has 0 aliphatic carbocycles. The van der Waals surface area contributed by atoms with Gasteiger partial charge in [-0.2, -0.15) is 0 Å². The van der Waals surface area contributed by atoms with Crippen molar-refractivity contribution in [3.63, 3.8) is 0 Å². The van der Waals surface area contributed by atoms with Gasteiger partial charge >= 0.3 is 0 Å². The lowest BCUT2D eigenvalue weighted by atomic mass is 9.87. The SMILES string of the molecule is CCN1CCCC(O)(c2cc(Cl)ccc2Cl)CC1. The third-order valence-corrected chi connectivity index (χ3v) is 4.35. The third kappa shape index (κ3) is 3.00. The Morgan fingerprint density at radius 3 is 2.78 bits per heavy atom. The minimum atomic E-state index is -0.841. The van der Waals surface area contributed by atoms with Crippen LogP contribution >= 0.6 is 23.2 Å². The van der Waals surface area contributed by atoms with Crippen molar-refractivity contribution in [3.8, 4) is 0 Å². The van der Waals surface area contributed by atoms with E-state index in [1.807, 2.05) is 0 Å². The predicted octanol–water partition coefficient (Wildman–Crippen LogP) is 3.69. The van der Waals surface area contributed by atoms with Gasteiger partial charge in [-0.3, -0.25) is 0 Å². The number of benzene rings is 1. The van der Waals surface area contributed by atoms with Crippen LogP contribution in [-0.2, 0) is 5.60 Å². The number of nitrogens with zero attached hydrogens (tertiary/aromatic N) is 1. The molecule has 1 atom stereocenters. The van der Waals surface area contributed by atoms with Crippen molar-refractivity contribution in [1.82, 2.24) is 4.90 Å².